The molecule has 2 aromatic rings. The van der Waals surface area contributed by atoms with Gasteiger partial charge in [-0.15, -0.1) is 0 Å². The van der Waals surface area contributed by atoms with Gasteiger partial charge in [0.15, 0.2) is 0 Å². The number of hydrogen-bond acceptors (Lipinski definition) is 5. The number of piperidine rings is 1. The molecule has 9 heteroatoms. The summed E-state index contributed by atoms with van der Waals surface area (Å²) in [6, 6.07) is 1.85. The summed E-state index contributed by atoms with van der Waals surface area (Å²) < 4.78 is 27.4. The van der Waals surface area contributed by atoms with E-state index in [4.69, 9.17) is 0 Å². The van der Waals surface area contributed by atoms with Crippen LogP contribution in [0.4, 0.5) is 0 Å². The van der Waals surface area contributed by atoms with Crippen LogP contribution in [-0.4, -0.2) is 64.4 Å². The smallest absolute Gasteiger partial charge is 0.276 e. The standard InChI is InChI=1S/C15H22N6O2S/c1-20(2)24(22,23)21-7-3-4-12(11-21)8-13-9-16-10-15(18-13)14-5-6-17-19-14/h5-6,9-10,12H,3-4,7-8,11H2,1-2H3,(H,17,19). The van der Waals surface area contributed by atoms with Crippen molar-refractivity contribution >= 4 is 10.2 Å². The molecule has 0 spiro atoms. The zero-order chi connectivity index (χ0) is 17.2. The highest BCUT2D eigenvalue weighted by atomic mass is 32.2. The van der Waals surface area contributed by atoms with Crippen molar-refractivity contribution in [1.82, 2.24) is 28.8 Å². The first-order chi connectivity index (χ1) is 11.5. The highest BCUT2D eigenvalue weighted by Crippen LogP contribution is 2.23. The fraction of sp³-hybridized carbons (Fsp3) is 0.533. The van der Waals surface area contributed by atoms with E-state index in [0.29, 0.717) is 19.5 Å². The molecule has 1 unspecified atom stereocenters. The van der Waals surface area contributed by atoms with E-state index in [-0.39, 0.29) is 5.92 Å². The Balaban J connectivity index is 1.71. The normalized spacial score (nSPS) is 19.7. The monoisotopic (exact) mass is 350 g/mol. The van der Waals surface area contributed by atoms with E-state index >= 15 is 0 Å². The topological polar surface area (TPSA) is 95.1 Å². The predicted molar refractivity (Wildman–Crippen MR) is 90.2 cm³/mol. The number of aromatic nitrogens is 4. The van der Waals surface area contributed by atoms with Gasteiger partial charge in [-0.05, 0) is 31.2 Å². The Labute approximate surface area is 142 Å². The highest BCUT2D eigenvalue weighted by Gasteiger charge is 2.30. The van der Waals surface area contributed by atoms with Crippen LogP contribution in [0.2, 0.25) is 0 Å². The van der Waals surface area contributed by atoms with E-state index in [9.17, 15) is 8.42 Å². The molecule has 1 saturated heterocycles. The van der Waals surface area contributed by atoms with Crippen molar-refractivity contribution in [2.75, 3.05) is 27.2 Å². The molecule has 24 heavy (non-hydrogen) atoms. The Bertz CT molecular complexity index is 775. The molecule has 1 N–H and O–H groups in total. The Morgan fingerprint density at radius 2 is 2.21 bits per heavy atom. The van der Waals surface area contributed by atoms with Crippen LogP contribution in [0, 0.1) is 5.92 Å². The Hall–Kier alpha value is -1.84. The number of aromatic amines is 1. The lowest BCUT2D eigenvalue weighted by Gasteiger charge is -2.33. The molecule has 8 nitrogen and oxygen atoms in total. The Morgan fingerprint density at radius 1 is 1.38 bits per heavy atom. The van der Waals surface area contributed by atoms with E-state index in [0.717, 1.165) is 29.9 Å². The van der Waals surface area contributed by atoms with Gasteiger partial charge in [0.25, 0.3) is 10.2 Å². The number of nitrogens with zero attached hydrogens (tertiary/aromatic N) is 5. The molecule has 0 aromatic carbocycles. The second kappa shape index (κ2) is 6.96. The van der Waals surface area contributed by atoms with E-state index < -0.39 is 10.2 Å². The van der Waals surface area contributed by atoms with Crippen molar-refractivity contribution in [3.63, 3.8) is 0 Å². The summed E-state index contributed by atoms with van der Waals surface area (Å²) in [5.41, 5.74) is 2.44. The molecule has 0 amide bonds. The third kappa shape index (κ3) is 3.63. The summed E-state index contributed by atoms with van der Waals surface area (Å²) in [5, 5.41) is 6.80. The number of H-pyrrole nitrogens is 1. The van der Waals surface area contributed by atoms with Crippen molar-refractivity contribution in [3.8, 4) is 11.4 Å². The zero-order valence-corrected chi connectivity index (χ0v) is 14.7. The van der Waals surface area contributed by atoms with Gasteiger partial charge in [-0.1, -0.05) is 0 Å². The van der Waals surface area contributed by atoms with Crippen LogP contribution in [0.1, 0.15) is 18.5 Å². The van der Waals surface area contributed by atoms with Gasteiger partial charge in [0, 0.05) is 39.6 Å². The number of rotatable bonds is 5. The van der Waals surface area contributed by atoms with Gasteiger partial charge in [0.1, 0.15) is 5.69 Å². The minimum atomic E-state index is -3.35. The van der Waals surface area contributed by atoms with Gasteiger partial charge in [-0.3, -0.25) is 10.1 Å². The molecule has 3 rings (SSSR count). The maximum atomic E-state index is 12.3. The van der Waals surface area contributed by atoms with Crippen molar-refractivity contribution in [3.05, 3.63) is 30.4 Å². The van der Waals surface area contributed by atoms with Crippen LogP contribution in [0.15, 0.2) is 24.7 Å². The van der Waals surface area contributed by atoms with Crippen molar-refractivity contribution in [1.29, 1.82) is 0 Å². The van der Waals surface area contributed by atoms with Crippen molar-refractivity contribution < 1.29 is 8.42 Å². The van der Waals surface area contributed by atoms with Gasteiger partial charge in [-0.2, -0.15) is 22.1 Å². The van der Waals surface area contributed by atoms with Crippen LogP contribution in [0.25, 0.3) is 11.4 Å². The molecule has 1 atom stereocenters. The minimum Gasteiger partial charge on any atom is -0.276 e. The van der Waals surface area contributed by atoms with E-state index in [1.54, 1.807) is 37.0 Å². The lowest BCUT2D eigenvalue weighted by Crippen LogP contribution is -2.45. The average molecular weight is 350 g/mol. The van der Waals surface area contributed by atoms with Gasteiger partial charge in [0.2, 0.25) is 0 Å². The SMILES string of the molecule is CN(C)S(=O)(=O)N1CCCC(Cc2cncc(-c3ccn[nH]3)n2)C1. The third-order valence-corrected chi connectivity index (χ3v) is 6.14. The van der Waals surface area contributed by atoms with E-state index in [1.165, 1.54) is 4.31 Å². The molecule has 3 heterocycles. The summed E-state index contributed by atoms with van der Waals surface area (Å²) in [7, 11) is -0.216. The van der Waals surface area contributed by atoms with E-state index in [1.807, 2.05) is 6.07 Å². The fourth-order valence-electron chi connectivity index (χ4n) is 2.96. The maximum Gasteiger partial charge on any atom is 0.281 e. The van der Waals surface area contributed by atoms with Crippen LogP contribution >= 0.6 is 0 Å². The summed E-state index contributed by atoms with van der Waals surface area (Å²) in [6.07, 6.45) is 7.70. The van der Waals surface area contributed by atoms with Gasteiger partial charge in [0.05, 0.1) is 17.6 Å². The second-order valence-electron chi connectivity index (χ2n) is 6.23. The van der Waals surface area contributed by atoms with Crippen LogP contribution in [0.3, 0.4) is 0 Å². The number of hydrogen-bond donors (Lipinski definition) is 1. The molecular formula is C15H22N6O2S. The quantitative estimate of drug-likeness (QED) is 0.865. The van der Waals surface area contributed by atoms with Crippen LogP contribution in [0.5, 0.6) is 0 Å². The van der Waals surface area contributed by atoms with Crippen molar-refractivity contribution in [2.24, 2.45) is 5.92 Å². The summed E-state index contributed by atoms with van der Waals surface area (Å²) in [5.74, 6) is 0.250. The molecule has 130 valence electrons. The summed E-state index contributed by atoms with van der Waals surface area (Å²) >= 11 is 0. The first-order valence-electron chi connectivity index (χ1n) is 7.95. The minimum absolute atomic E-state index is 0.250. The lowest BCUT2D eigenvalue weighted by molar-refractivity contribution is 0.253. The molecular weight excluding hydrogens is 328 g/mol. The zero-order valence-electron chi connectivity index (χ0n) is 13.9. The fourth-order valence-corrected chi connectivity index (χ4v) is 4.18. The van der Waals surface area contributed by atoms with Gasteiger partial charge >= 0.3 is 0 Å². The number of nitrogens with one attached hydrogen (secondary N) is 1. The first kappa shape index (κ1) is 17.0. The first-order valence-corrected chi connectivity index (χ1v) is 9.35. The Kier molecular flexibility index (Phi) is 4.93. The molecule has 0 aliphatic carbocycles. The van der Waals surface area contributed by atoms with Gasteiger partial charge in [-0.25, -0.2) is 4.98 Å². The summed E-state index contributed by atoms with van der Waals surface area (Å²) in [6.45, 7) is 1.10. The molecule has 0 saturated carbocycles. The highest BCUT2D eigenvalue weighted by molar-refractivity contribution is 7.86. The lowest BCUT2D eigenvalue weighted by atomic mass is 9.95. The third-order valence-electron chi connectivity index (χ3n) is 4.23. The van der Waals surface area contributed by atoms with Crippen LogP contribution < -0.4 is 0 Å². The van der Waals surface area contributed by atoms with Gasteiger partial charge < -0.3 is 0 Å². The summed E-state index contributed by atoms with van der Waals surface area (Å²) in [4.78, 5) is 8.87. The predicted octanol–water partition coefficient (Wildman–Crippen LogP) is 0.928. The molecule has 1 fully saturated rings. The molecule has 1 aliphatic heterocycles. The Morgan fingerprint density at radius 3 is 2.92 bits per heavy atom. The van der Waals surface area contributed by atoms with E-state index in [2.05, 4.69) is 20.2 Å². The molecule has 0 radical (unpaired) electrons. The molecule has 2 aromatic heterocycles. The molecule has 1 aliphatic rings. The molecule has 0 bridgehead atoms. The maximum absolute atomic E-state index is 12.3. The largest absolute Gasteiger partial charge is 0.281 e. The van der Waals surface area contributed by atoms with Crippen molar-refractivity contribution in [2.45, 2.75) is 19.3 Å². The van der Waals surface area contributed by atoms with Crippen LogP contribution in [-0.2, 0) is 16.6 Å². The second-order valence-corrected chi connectivity index (χ2v) is 8.37. The average Bonchev–Trinajstić information content (AvgIpc) is 3.10.